The number of nitrogens with one attached hydrogen (secondary N) is 2. The van der Waals surface area contributed by atoms with E-state index in [9.17, 15) is 4.79 Å². The molecule has 5 nitrogen and oxygen atoms in total. The number of pyridine rings is 1. The molecule has 0 spiro atoms. The predicted molar refractivity (Wildman–Crippen MR) is 90.9 cm³/mol. The van der Waals surface area contributed by atoms with Gasteiger partial charge in [0.25, 0.3) is 0 Å². The minimum absolute atomic E-state index is 0.161. The first-order chi connectivity index (χ1) is 11.2. The van der Waals surface area contributed by atoms with Gasteiger partial charge in [0.2, 0.25) is 5.91 Å². The number of aliphatic imine (C=N–C) groups is 1. The number of benzene rings is 1. The zero-order valence-electron chi connectivity index (χ0n) is 12.2. The lowest BCUT2D eigenvalue weighted by molar-refractivity contribution is -0.121. The fourth-order valence-corrected chi connectivity index (χ4v) is 2.40. The fourth-order valence-electron chi connectivity index (χ4n) is 2.21. The van der Waals surface area contributed by atoms with Crippen molar-refractivity contribution in [3.63, 3.8) is 0 Å². The van der Waals surface area contributed by atoms with E-state index in [0.29, 0.717) is 11.6 Å². The van der Waals surface area contributed by atoms with E-state index in [1.807, 2.05) is 30.3 Å². The van der Waals surface area contributed by atoms with Crippen molar-refractivity contribution in [2.45, 2.75) is 12.6 Å². The van der Waals surface area contributed by atoms with Gasteiger partial charge in [-0.1, -0.05) is 29.8 Å². The summed E-state index contributed by atoms with van der Waals surface area (Å²) in [5, 5.41) is 6.55. The molecule has 116 valence electrons. The van der Waals surface area contributed by atoms with Crippen molar-refractivity contribution in [2.75, 3.05) is 0 Å². The van der Waals surface area contributed by atoms with Crippen molar-refractivity contribution in [3.05, 3.63) is 71.0 Å². The molecule has 0 saturated heterocycles. The molecule has 0 saturated carbocycles. The van der Waals surface area contributed by atoms with E-state index in [4.69, 9.17) is 11.6 Å². The van der Waals surface area contributed by atoms with E-state index in [0.717, 1.165) is 16.8 Å². The Balaban J connectivity index is 1.68. The molecule has 2 aromatic rings. The molecule has 1 aromatic carbocycles. The Morgan fingerprint density at radius 2 is 2.22 bits per heavy atom. The Hall–Kier alpha value is -2.66. The van der Waals surface area contributed by atoms with Crippen LogP contribution in [-0.4, -0.2) is 23.3 Å². The predicted octanol–water partition coefficient (Wildman–Crippen LogP) is 2.39. The minimum atomic E-state index is -0.568. The molecule has 3 rings (SSSR count). The van der Waals surface area contributed by atoms with Crippen LogP contribution in [0.5, 0.6) is 0 Å². The lowest BCUT2D eigenvalue weighted by Crippen LogP contribution is -2.35. The van der Waals surface area contributed by atoms with Crippen LogP contribution in [0.3, 0.4) is 0 Å². The number of aromatic nitrogens is 1. The summed E-state index contributed by atoms with van der Waals surface area (Å²) in [5.74, 6) is -0.161. The molecule has 1 amide bonds. The molecular formula is C17H15ClN4O. The maximum absolute atomic E-state index is 12.3. The molecule has 0 bridgehead atoms. The summed E-state index contributed by atoms with van der Waals surface area (Å²) >= 11 is 6.01. The molecule has 1 aliphatic rings. The second-order valence-electron chi connectivity index (χ2n) is 5.04. The standard InChI is InChI=1S/C17H15ClN4O/c18-14-5-1-4-13(7-14)15-8-16(22-11-21-15)17(23)20-10-12-3-2-6-19-9-12/h1-9,11,16H,10H2,(H,20,23)(H,21,22). The van der Waals surface area contributed by atoms with Crippen molar-refractivity contribution >= 4 is 29.5 Å². The van der Waals surface area contributed by atoms with Crippen molar-refractivity contribution in [2.24, 2.45) is 4.99 Å². The number of hydrogen-bond donors (Lipinski definition) is 2. The van der Waals surface area contributed by atoms with E-state index in [1.165, 1.54) is 6.34 Å². The van der Waals surface area contributed by atoms with Crippen LogP contribution in [0.1, 0.15) is 11.1 Å². The number of hydrogen-bond acceptors (Lipinski definition) is 4. The van der Waals surface area contributed by atoms with Crippen molar-refractivity contribution in [3.8, 4) is 0 Å². The Morgan fingerprint density at radius 3 is 3.00 bits per heavy atom. The molecule has 23 heavy (non-hydrogen) atoms. The molecule has 2 N–H and O–H groups in total. The van der Waals surface area contributed by atoms with E-state index < -0.39 is 6.04 Å². The first-order valence-corrected chi connectivity index (χ1v) is 7.53. The third kappa shape index (κ3) is 3.96. The highest BCUT2D eigenvalue weighted by Crippen LogP contribution is 2.19. The van der Waals surface area contributed by atoms with Gasteiger partial charge in [-0.25, -0.2) is 0 Å². The quantitative estimate of drug-likeness (QED) is 0.906. The fraction of sp³-hybridized carbons (Fsp3) is 0.118. The van der Waals surface area contributed by atoms with E-state index in [-0.39, 0.29) is 5.91 Å². The van der Waals surface area contributed by atoms with Crippen LogP contribution in [0.4, 0.5) is 0 Å². The Labute approximate surface area is 139 Å². The second kappa shape index (κ2) is 7.07. The first kappa shape index (κ1) is 15.2. The number of nitrogens with zero attached hydrogens (tertiary/aromatic N) is 2. The number of amides is 1. The van der Waals surface area contributed by atoms with Gasteiger partial charge in [0.05, 0.1) is 6.34 Å². The van der Waals surface area contributed by atoms with Crippen LogP contribution >= 0.6 is 11.6 Å². The molecule has 1 aromatic heterocycles. The third-order valence-electron chi connectivity index (χ3n) is 3.37. The SMILES string of the molecule is O=C(NCc1cccnc1)C1C=C(c2cccc(Cl)c2)NC=N1. The molecule has 1 atom stereocenters. The highest BCUT2D eigenvalue weighted by atomic mass is 35.5. The lowest BCUT2D eigenvalue weighted by atomic mass is 10.1. The van der Waals surface area contributed by atoms with Gasteiger partial charge in [0.1, 0.15) is 0 Å². The van der Waals surface area contributed by atoms with Gasteiger partial charge in [0, 0.05) is 29.7 Å². The molecule has 1 aliphatic heterocycles. The van der Waals surface area contributed by atoms with E-state index in [2.05, 4.69) is 20.6 Å². The van der Waals surface area contributed by atoms with Crippen molar-refractivity contribution in [1.82, 2.24) is 15.6 Å². The summed E-state index contributed by atoms with van der Waals surface area (Å²) < 4.78 is 0. The largest absolute Gasteiger partial charge is 0.350 e. The van der Waals surface area contributed by atoms with Crippen LogP contribution in [0.25, 0.3) is 5.70 Å². The first-order valence-electron chi connectivity index (χ1n) is 7.15. The molecule has 0 fully saturated rings. The monoisotopic (exact) mass is 326 g/mol. The lowest BCUT2D eigenvalue weighted by Gasteiger charge is -2.17. The number of halogens is 1. The zero-order chi connectivity index (χ0) is 16.1. The van der Waals surface area contributed by atoms with Crippen LogP contribution in [0.15, 0.2) is 59.9 Å². The smallest absolute Gasteiger partial charge is 0.249 e. The molecule has 0 aliphatic carbocycles. The molecule has 0 radical (unpaired) electrons. The molecule has 2 heterocycles. The van der Waals surface area contributed by atoms with E-state index >= 15 is 0 Å². The van der Waals surface area contributed by atoms with Crippen LogP contribution in [0, 0.1) is 0 Å². The summed E-state index contributed by atoms with van der Waals surface area (Å²) in [7, 11) is 0. The summed E-state index contributed by atoms with van der Waals surface area (Å²) in [4.78, 5) is 20.5. The summed E-state index contributed by atoms with van der Waals surface area (Å²) in [6.07, 6.45) is 6.73. The van der Waals surface area contributed by atoms with Crippen molar-refractivity contribution in [1.29, 1.82) is 0 Å². The van der Waals surface area contributed by atoms with Crippen molar-refractivity contribution < 1.29 is 4.79 Å². The van der Waals surface area contributed by atoms with Crippen LogP contribution < -0.4 is 10.6 Å². The van der Waals surface area contributed by atoms with E-state index in [1.54, 1.807) is 24.5 Å². The van der Waals surface area contributed by atoms with Gasteiger partial charge in [-0.3, -0.25) is 14.8 Å². The second-order valence-corrected chi connectivity index (χ2v) is 5.47. The number of carbonyl (C=O) groups is 1. The Bertz CT molecular complexity index is 758. The zero-order valence-corrected chi connectivity index (χ0v) is 13.0. The normalized spacial score (nSPS) is 16.4. The van der Waals surface area contributed by atoms with Gasteiger partial charge in [-0.15, -0.1) is 0 Å². The number of carbonyl (C=O) groups excluding carboxylic acids is 1. The average molecular weight is 327 g/mol. The summed E-state index contributed by atoms with van der Waals surface area (Å²) in [6.45, 7) is 0.423. The molecule has 6 heteroatoms. The summed E-state index contributed by atoms with van der Waals surface area (Å²) in [6, 6.07) is 10.6. The Kier molecular flexibility index (Phi) is 4.68. The number of rotatable bonds is 4. The molecule has 1 unspecified atom stereocenters. The topological polar surface area (TPSA) is 66.4 Å². The third-order valence-corrected chi connectivity index (χ3v) is 3.61. The average Bonchev–Trinajstić information content (AvgIpc) is 2.61. The van der Waals surface area contributed by atoms with Crippen LogP contribution in [-0.2, 0) is 11.3 Å². The molecular weight excluding hydrogens is 312 g/mol. The van der Waals surface area contributed by atoms with Gasteiger partial charge >= 0.3 is 0 Å². The Morgan fingerprint density at radius 1 is 1.30 bits per heavy atom. The van der Waals surface area contributed by atoms with Crippen LogP contribution in [0.2, 0.25) is 5.02 Å². The highest BCUT2D eigenvalue weighted by molar-refractivity contribution is 6.30. The van der Waals surface area contributed by atoms with Gasteiger partial charge < -0.3 is 10.6 Å². The minimum Gasteiger partial charge on any atom is -0.350 e. The maximum Gasteiger partial charge on any atom is 0.249 e. The highest BCUT2D eigenvalue weighted by Gasteiger charge is 2.18. The maximum atomic E-state index is 12.3. The van der Waals surface area contributed by atoms with Gasteiger partial charge in [0.15, 0.2) is 6.04 Å². The van der Waals surface area contributed by atoms with Gasteiger partial charge in [-0.2, -0.15) is 0 Å². The summed E-state index contributed by atoms with van der Waals surface area (Å²) in [5.41, 5.74) is 2.66. The van der Waals surface area contributed by atoms with Gasteiger partial charge in [-0.05, 0) is 35.4 Å².